The van der Waals surface area contributed by atoms with Crippen LogP contribution in [0.5, 0.6) is 0 Å². The van der Waals surface area contributed by atoms with Gasteiger partial charge >= 0.3 is 7.60 Å². The van der Waals surface area contributed by atoms with Crippen molar-refractivity contribution in [3.63, 3.8) is 0 Å². The third-order valence-corrected chi connectivity index (χ3v) is 5.66. The summed E-state index contributed by atoms with van der Waals surface area (Å²) in [5.74, 6) is 0. The van der Waals surface area contributed by atoms with Crippen LogP contribution in [-0.4, -0.2) is 38.0 Å². The van der Waals surface area contributed by atoms with Crippen molar-refractivity contribution in [3.05, 3.63) is 29.0 Å². The monoisotopic (exact) mass is 341 g/mol. The first-order chi connectivity index (χ1) is 10.3. The van der Waals surface area contributed by atoms with E-state index in [9.17, 15) is 19.6 Å². The van der Waals surface area contributed by atoms with E-state index in [0.29, 0.717) is 17.9 Å². The van der Waals surface area contributed by atoms with Crippen molar-refractivity contribution in [3.8, 4) is 6.07 Å². The van der Waals surface area contributed by atoms with Gasteiger partial charge in [-0.25, -0.2) is 0 Å². The Hall–Kier alpha value is -0.960. The standard InChI is InChI=1S/C14H17ClN3O3P/c15-11-3-10(6-17-7-11)14(8-16)4-12-1-2-13(5-14)18(12)9-22(19,20)21/h3,6-7,12-13H,1-2,4-5,9H2,(H2,19,20,21). The summed E-state index contributed by atoms with van der Waals surface area (Å²) in [7, 11) is -4.09. The Labute approximate surface area is 133 Å². The molecule has 3 heterocycles. The number of hydrogen-bond acceptors (Lipinski definition) is 4. The van der Waals surface area contributed by atoms with Crippen LogP contribution in [-0.2, 0) is 9.98 Å². The Morgan fingerprint density at radius 3 is 2.55 bits per heavy atom. The third kappa shape index (κ3) is 2.92. The lowest BCUT2D eigenvalue weighted by molar-refractivity contribution is 0.118. The molecule has 2 unspecified atom stereocenters. The molecule has 0 amide bonds. The molecule has 2 bridgehead atoms. The Morgan fingerprint density at radius 1 is 1.41 bits per heavy atom. The molecule has 1 aromatic rings. The number of pyridine rings is 1. The number of piperidine rings is 1. The first kappa shape index (κ1) is 15.9. The highest BCUT2D eigenvalue weighted by molar-refractivity contribution is 7.51. The van der Waals surface area contributed by atoms with E-state index in [1.165, 1.54) is 6.20 Å². The average molecular weight is 342 g/mol. The molecule has 0 spiro atoms. The fourth-order valence-corrected chi connectivity index (χ4v) is 4.91. The summed E-state index contributed by atoms with van der Waals surface area (Å²) in [4.78, 5) is 24.5. The summed E-state index contributed by atoms with van der Waals surface area (Å²) in [6.07, 6.45) is 5.83. The van der Waals surface area contributed by atoms with E-state index in [2.05, 4.69) is 11.1 Å². The van der Waals surface area contributed by atoms with Crippen molar-refractivity contribution in [2.45, 2.75) is 43.2 Å². The highest BCUT2D eigenvalue weighted by atomic mass is 35.5. The maximum atomic E-state index is 11.3. The largest absolute Gasteiger partial charge is 0.339 e. The molecule has 2 fully saturated rings. The van der Waals surface area contributed by atoms with Crippen LogP contribution in [0.15, 0.2) is 18.5 Å². The van der Waals surface area contributed by atoms with Crippen LogP contribution >= 0.6 is 19.2 Å². The highest BCUT2D eigenvalue weighted by Crippen LogP contribution is 2.50. The molecule has 2 saturated heterocycles. The quantitative estimate of drug-likeness (QED) is 0.818. The minimum absolute atomic E-state index is 0.0185. The van der Waals surface area contributed by atoms with Crippen LogP contribution in [0.1, 0.15) is 31.2 Å². The summed E-state index contributed by atoms with van der Waals surface area (Å²) in [5.41, 5.74) is 0.130. The van der Waals surface area contributed by atoms with Crippen LogP contribution < -0.4 is 0 Å². The molecule has 8 heteroatoms. The van der Waals surface area contributed by atoms with Gasteiger partial charge in [-0.05, 0) is 37.3 Å². The number of hydrogen-bond donors (Lipinski definition) is 2. The Balaban J connectivity index is 1.90. The Morgan fingerprint density at radius 2 is 2.05 bits per heavy atom. The topological polar surface area (TPSA) is 97.5 Å². The molecule has 1 aromatic heterocycles. The van der Waals surface area contributed by atoms with Crippen molar-refractivity contribution >= 4 is 19.2 Å². The molecule has 0 radical (unpaired) electrons. The summed E-state index contributed by atoms with van der Waals surface area (Å²) >= 11 is 6.00. The predicted octanol–water partition coefficient (Wildman–Crippen LogP) is 2.26. The number of rotatable bonds is 3. The highest BCUT2D eigenvalue weighted by Gasteiger charge is 2.50. The molecule has 2 aliphatic rings. The SMILES string of the molecule is N#CC1(c2cncc(Cl)c2)CC2CCC(C1)N2CP(=O)(O)O. The van der Waals surface area contributed by atoms with Gasteiger partial charge in [0.1, 0.15) is 6.29 Å². The number of aromatic nitrogens is 1. The van der Waals surface area contributed by atoms with Crippen LogP contribution in [0.25, 0.3) is 0 Å². The zero-order chi connectivity index (χ0) is 16.0. The van der Waals surface area contributed by atoms with Crippen LogP contribution in [0.4, 0.5) is 0 Å². The lowest BCUT2D eigenvalue weighted by Gasteiger charge is -2.43. The van der Waals surface area contributed by atoms with Gasteiger partial charge < -0.3 is 9.79 Å². The first-order valence-corrected chi connectivity index (χ1v) is 9.33. The number of nitrogens with zero attached hydrogens (tertiary/aromatic N) is 3. The zero-order valence-electron chi connectivity index (χ0n) is 11.9. The van der Waals surface area contributed by atoms with Crippen LogP contribution in [0.2, 0.25) is 5.02 Å². The summed E-state index contributed by atoms with van der Waals surface area (Å²) < 4.78 is 11.3. The third-order valence-electron chi connectivity index (χ3n) is 4.76. The fourth-order valence-electron chi connectivity index (χ4n) is 3.85. The molecule has 118 valence electrons. The number of fused-ring (bicyclic) bond motifs is 2. The average Bonchev–Trinajstić information content (AvgIpc) is 2.69. The second-order valence-electron chi connectivity index (χ2n) is 6.20. The van der Waals surface area contributed by atoms with Gasteiger partial charge in [0.15, 0.2) is 0 Å². The molecule has 2 N–H and O–H groups in total. The zero-order valence-corrected chi connectivity index (χ0v) is 13.5. The van der Waals surface area contributed by atoms with E-state index in [-0.39, 0.29) is 18.4 Å². The van der Waals surface area contributed by atoms with E-state index in [0.717, 1.165) is 18.4 Å². The minimum Gasteiger partial charge on any atom is -0.324 e. The molecule has 22 heavy (non-hydrogen) atoms. The van der Waals surface area contributed by atoms with Gasteiger partial charge in [0.2, 0.25) is 0 Å². The Kier molecular flexibility index (Phi) is 4.05. The summed E-state index contributed by atoms with van der Waals surface area (Å²) in [6, 6.07) is 4.24. The molecular weight excluding hydrogens is 325 g/mol. The lowest BCUT2D eigenvalue weighted by Crippen LogP contribution is -2.49. The number of nitriles is 1. The summed E-state index contributed by atoms with van der Waals surface area (Å²) in [6.45, 7) is 0. The molecule has 0 aliphatic carbocycles. The van der Waals surface area contributed by atoms with E-state index in [1.807, 2.05) is 4.90 Å². The summed E-state index contributed by atoms with van der Waals surface area (Å²) in [5, 5.41) is 10.3. The van der Waals surface area contributed by atoms with E-state index in [1.54, 1.807) is 12.3 Å². The lowest BCUT2D eigenvalue weighted by atomic mass is 9.72. The van der Waals surface area contributed by atoms with Crippen molar-refractivity contribution in [2.24, 2.45) is 0 Å². The van der Waals surface area contributed by atoms with Gasteiger partial charge in [-0.15, -0.1) is 0 Å². The Bertz CT molecular complexity index is 658. The molecular formula is C14H17ClN3O3P. The van der Waals surface area contributed by atoms with Crippen molar-refractivity contribution in [2.75, 3.05) is 6.29 Å². The van der Waals surface area contributed by atoms with Crippen LogP contribution in [0.3, 0.4) is 0 Å². The molecule has 3 rings (SSSR count). The van der Waals surface area contributed by atoms with Gasteiger partial charge in [-0.1, -0.05) is 11.6 Å². The van der Waals surface area contributed by atoms with Crippen molar-refractivity contribution < 1.29 is 14.4 Å². The van der Waals surface area contributed by atoms with Crippen LogP contribution in [0, 0.1) is 11.3 Å². The van der Waals surface area contributed by atoms with Gasteiger partial charge in [-0.3, -0.25) is 14.4 Å². The molecule has 0 aromatic carbocycles. The van der Waals surface area contributed by atoms with E-state index < -0.39 is 13.0 Å². The molecule has 6 nitrogen and oxygen atoms in total. The van der Waals surface area contributed by atoms with Crippen molar-refractivity contribution in [1.82, 2.24) is 9.88 Å². The van der Waals surface area contributed by atoms with E-state index >= 15 is 0 Å². The molecule has 2 aliphatic heterocycles. The minimum atomic E-state index is -4.09. The van der Waals surface area contributed by atoms with Gasteiger partial charge in [0.05, 0.1) is 16.5 Å². The van der Waals surface area contributed by atoms with Crippen molar-refractivity contribution in [1.29, 1.82) is 5.26 Å². The van der Waals surface area contributed by atoms with Gasteiger partial charge in [0, 0.05) is 24.5 Å². The van der Waals surface area contributed by atoms with Gasteiger partial charge in [-0.2, -0.15) is 5.26 Å². The fraction of sp³-hybridized carbons (Fsp3) is 0.571. The normalized spacial score (nSPS) is 31.9. The second kappa shape index (κ2) is 5.59. The molecule has 2 atom stereocenters. The smallest absolute Gasteiger partial charge is 0.324 e. The first-order valence-electron chi connectivity index (χ1n) is 7.16. The second-order valence-corrected chi connectivity index (χ2v) is 8.25. The predicted molar refractivity (Wildman–Crippen MR) is 81.3 cm³/mol. The van der Waals surface area contributed by atoms with Gasteiger partial charge in [0.25, 0.3) is 0 Å². The maximum Gasteiger partial charge on any atom is 0.339 e. The maximum absolute atomic E-state index is 11.3. The van der Waals surface area contributed by atoms with E-state index in [4.69, 9.17) is 11.6 Å². The number of halogens is 1. The molecule has 0 saturated carbocycles.